The fourth-order valence-electron chi connectivity index (χ4n) is 1.78. The van der Waals surface area contributed by atoms with E-state index < -0.39 is 11.9 Å². The van der Waals surface area contributed by atoms with Gasteiger partial charge >= 0.3 is 11.9 Å². The number of hydrogen-bond acceptors (Lipinski definition) is 4. The number of carbonyl (C=O) groups is 2. The van der Waals surface area contributed by atoms with Crippen molar-refractivity contribution in [3.05, 3.63) is 65.5 Å². The van der Waals surface area contributed by atoms with Gasteiger partial charge in [0.1, 0.15) is 12.3 Å². The molecule has 0 atom stereocenters. The molecule has 1 heterocycles. The van der Waals surface area contributed by atoms with Crippen molar-refractivity contribution in [2.45, 2.75) is 13.5 Å². The highest BCUT2D eigenvalue weighted by molar-refractivity contribution is 5.90. The molecule has 114 valence electrons. The maximum Gasteiger partial charge on any atom is 0.354 e. The van der Waals surface area contributed by atoms with Crippen molar-refractivity contribution < 1.29 is 19.1 Å². The molecule has 0 radical (unpaired) electrons. The molecule has 2 aromatic rings. The van der Waals surface area contributed by atoms with Gasteiger partial charge < -0.3 is 14.5 Å². The van der Waals surface area contributed by atoms with Crippen LogP contribution in [0, 0.1) is 0 Å². The fourth-order valence-corrected chi connectivity index (χ4v) is 1.78. The molecule has 0 unspecified atom stereocenters. The van der Waals surface area contributed by atoms with E-state index in [0.29, 0.717) is 17.9 Å². The number of nitrogens with one attached hydrogen (secondary N) is 1. The highest BCUT2D eigenvalue weighted by atomic mass is 16.5. The van der Waals surface area contributed by atoms with E-state index >= 15 is 0 Å². The van der Waals surface area contributed by atoms with Crippen LogP contribution >= 0.6 is 0 Å². The van der Waals surface area contributed by atoms with E-state index in [1.165, 1.54) is 6.08 Å². The smallest absolute Gasteiger partial charge is 0.354 e. The Morgan fingerprint density at radius 1 is 1.18 bits per heavy atom. The van der Waals surface area contributed by atoms with Crippen LogP contribution < -0.4 is 0 Å². The van der Waals surface area contributed by atoms with Gasteiger partial charge in [0.05, 0.1) is 6.61 Å². The minimum Gasteiger partial charge on any atom is -0.461 e. The van der Waals surface area contributed by atoms with E-state index in [4.69, 9.17) is 9.47 Å². The first-order valence-electron chi connectivity index (χ1n) is 6.93. The molecule has 2 rings (SSSR count). The van der Waals surface area contributed by atoms with E-state index in [-0.39, 0.29) is 6.61 Å². The lowest BCUT2D eigenvalue weighted by atomic mass is 10.2. The largest absolute Gasteiger partial charge is 0.461 e. The molecule has 0 bridgehead atoms. The summed E-state index contributed by atoms with van der Waals surface area (Å²) in [6.45, 7) is 2.28. The monoisotopic (exact) mass is 299 g/mol. The molecule has 1 N–H and O–H groups in total. The average Bonchev–Trinajstić information content (AvgIpc) is 3.01. The Kier molecular flexibility index (Phi) is 5.54. The second-order valence-electron chi connectivity index (χ2n) is 4.49. The molecule has 0 aliphatic carbocycles. The van der Waals surface area contributed by atoms with Gasteiger partial charge in [-0.2, -0.15) is 0 Å². The van der Waals surface area contributed by atoms with Crippen molar-refractivity contribution in [3.8, 4) is 0 Å². The summed E-state index contributed by atoms with van der Waals surface area (Å²) in [6.07, 6.45) is 4.51. The zero-order valence-corrected chi connectivity index (χ0v) is 12.2. The van der Waals surface area contributed by atoms with Crippen molar-refractivity contribution in [2.75, 3.05) is 6.61 Å². The lowest BCUT2D eigenvalue weighted by Gasteiger charge is -2.01. The summed E-state index contributed by atoms with van der Waals surface area (Å²) in [5, 5.41) is 0. The fraction of sp³-hybridized carbons (Fsp3) is 0.176. The summed E-state index contributed by atoms with van der Waals surface area (Å²) in [7, 11) is 0. The third kappa shape index (κ3) is 4.63. The van der Waals surface area contributed by atoms with Crippen LogP contribution in [0.15, 0.2) is 48.7 Å². The Balaban J connectivity index is 1.86. The summed E-state index contributed by atoms with van der Waals surface area (Å²) in [4.78, 5) is 25.9. The highest BCUT2D eigenvalue weighted by Gasteiger charge is 2.08. The van der Waals surface area contributed by atoms with E-state index in [0.717, 1.165) is 5.56 Å². The molecule has 0 spiro atoms. The number of carbonyl (C=O) groups excluding carboxylic acids is 2. The summed E-state index contributed by atoms with van der Waals surface area (Å²) in [5.74, 6) is -0.864. The maximum atomic E-state index is 11.6. The highest BCUT2D eigenvalue weighted by Crippen LogP contribution is 2.08. The lowest BCUT2D eigenvalue weighted by molar-refractivity contribution is -0.138. The van der Waals surface area contributed by atoms with E-state index in [1.807, 2.05) is 30.3 Å². The van der Waals surface area contributed by atoms with E-state index in [9.17, 15) is 9.59 Å². The summed E-state index contributed by atoms with van der Waals surface area (Å²) >= 11 is 0. The third-order valence-electron chi connectivity index (χ3n) is 2.84. The minimum atomic E-state index is -0.442. The van der Waals surface area contributed by atoms with Gasteiger partial charge in [-0.25, -0.2) is 9.59 Å². The quantitative estimate of drug-likeness (QED) is 0.657. The van der Waals surface area contributed by atoms with Gasteiger partial charge in [0, 0.05) is 12.3 Å². The number of aromatic nitrogens is 1. The number of ether oxygens (including phenoxy) is 2. The van der Waals surface area contributed by atoms with Crippen molar-refractivity contribution in [1.29, 1.82) is 0 Å². The molecule has 1 aromatic heterocycles. The molecule has 22 heavy (non-hydrogen) atoms. The average molecular weight is 299 g/mol. The number of H-pyrrole nitrogens is 1. The second-order valence-corrected chi connectivity index (χ2v) is 4.49. The van der Waals surface area contributed by atoms with Crippen LogP contribution in [0.2, 0.25) is 0 Å². The van der Waals surface area contributed by atoms with Crippen LogP contribution in [0.4, 0.5) is 0 Å². The van der Waals surface area contributed by atoms with Gasteiger partial charge in [-0.05, 0) is 30.2 Å². The first-order chi connectivity index (χ1) is 10.7. The van der Waals surface area contributed by atoms with Crippen molar-refractivity contribution in [3.63, 3.8) is 0 Å². The summed E-state index contributed by atoms with van der Waals surface area (Å²) in [6, 6.07) is 11.0. The van der Waals surface area contributed by atoms with Crippen LogP contribution in [0.5, 0.6) is 0 Å². The standard InChI is InChI=1S/C17H17NO4/c1-2-21-17(20)15-10-14(11-18-15)8-9-16(19)22-12-13-6-4-3-5-7-13/h3-11,18H,2,12H2,1H3/b9-8+. The third-order valence-corrected chi connectivity index (χ3v) is 2.84. The Bertz CT molecular complexity index is 658. The van der Waals surface area contributed by atoms with Gasteiger partial charge in [-0.1, -0.05) is 30.3 Å². The van der Waals surface area contributed by atoms with Gasteiger partial charge in [0.25, 0.3) is 0 Å². The zero-order valence-electron chi connectivity index (χ0n) is 12.2. The number of benzene rings is 1. The van der Waals surface area contributed by atoms with Gasteiger partial charge in [-0.15, -0.1) is 0 Å². The van der Waals surface area contributed by atoms with Gasteiger partial charge in [0.2, 0.25) is 0 Å². The molecule has 5 nitrogen and oxygen atoms in total. The maximum absolute atomic E-state index is 11.6. The molecule has 0 aliphatic rings. The molecule has 0 saturated heterocycles. The Labute approximate surface area is 128 Å². The number of esters is 2. The molecule has 0 saturated carbocycles. The second kappa shape index (κ2) is 7.83. The molecule has 5 heteroatoms. The van der Waals surface area contributed by atoms with Crippen LogP contribution in [0.25, 0.3) is 6.08 Å². The molecule has 1 aromatic carbocycles. The topological polar surface area (TPSA) is 68.4 Å². The molecule has 0 aliphatic heterocycles. The number of hydrogen-bond donors (Lipinski definition) is 1. The molecule has 0 fully saturated rings. The Morgan fingerprint density at radius 2 is 1.95 bits per heavy atom. The molecular formula is C17H17NO4. The predicted molar refractivity (Wildman–Crippen MR) is 82.0 cm³/mol. The van der Waals surface area contributed by atoms with Crippen molar-refractivity contribution in [1.82, 2.24) is 4.98 Å². The van der Waals surface area contributed by atoms with Crippen LogP contribution in [-0.2, 0) is 20.9 Å². The Morgan fingerprint density at radius 3 is 2.68 bits per heavy atom. The van der Waals surface area contributed by atoms with Crippen molar-refractivity contribution in [2.24, 2.45) is 0 Å². The first kappa shape index (κ1) is 15.6. The van der Waals surface area contributed by atoms with Crippen molar-refractivity contribution >= 4 is 18.0 Å². The van der Waals surface area contributed by atoms with Gasteiger partial charge in [-0.3, -0.25) is 0 Å². The Hall–Kier alpha value is -2.82. The number of aromatic amines is 1. The summed E-state index contributed by atoms with van der Waals surface area (Å²) < 4.78 is 9.98. The molecular weight excluding hydrogens is 282 g/mol. The van der Waals surface area contributed by atoms with Crippen LogP contribution in [-0.4, -0.2) is 23.5 Å². The predicted octanol–water partition coefficient (Wildman–Crippen LogP) is 2.95. The first-order valence-corrected chi connectivity index (χ1v) is 6.93. The van der Waals surface area contributed by atoms with Crippen LogP contribution in [0.3, 0.4) is 0 Å². The molecule has 0 amide bonds. The lowest BCUT2D eigenvalue weighted by Crippen LogP contribution is -2.04. The normalized spacial score (nSPS) is 10.6. The minimum absolute atomic E-state index is 0.227. The van der Waals surface area contributed by atoms with E-state index in [2.05, 4.69) is 4.98 Å². The zero-order chi connectivity index (χ0) is 15.8. The van der Waals surface area contributed by atoms with Crippen LogP contribution in [0.1, 0.15) is 28.5 Å². The van der Waals surface area contributed by atoms with E-state index in [1.54, 1.807) is 25.3 Å². The summed E-state index contributed by atoms with van der Waals surface area (Å²) in [5.41, 5.74) is 1.97. The van der Waals surface area contributed by atoms with Gasteiger partial charge in [0.15, 0.2) is 0 Å². The number of rotatable bonds is 6. The SMILES string of the molecule is CCOC(=O)c1cc(/C=C/C(=O)OCc2ccccc2)c[nH]1.